The summed E-state index contributed by atoms with van der Waals surface area (Å²) in [6.45, 7) is 51.9. The number of thioether (sulfide) groups is 4. The SMILES string of the molecule is CC(C)(C)c1cc(SC(Sc2cc(C(C)(C)C)c(O)c(C(C)(C)C)c2)C(Sc2cc(C(C)(C)C)c(O)c(C(C)(C)C)c2)Sc2cc(C(C)(C)C)c(O)c(C(C)(C)C)c2)cc(C(C)(C)C)c1O. The van der Waals surface area contributed by atoms with Crippen molar-refractivity contribution in [1.29, 1.82) is 0 Å². The first-order valence-corrected chi connectivity index (χ1v) is 27.1. The van der Waals surface area contributed by atoms with Gasteiger partial charge in [-0.25, -0.2) is 0 Å². The van der Waals surface area contributed by atoms with Gasteiger partial charge >= 0.3 is 0 Å². The van der Waals surface area contributed by atoms with Crippen LogP contribution in [0, 0.1) is 0 Å². The third kappa shape index (κ3) is 13.4. The predicted octanol–water partition coefficient (Wildman–Crippen LogP) is 18.0. The lowest BCUT2D eigenvalue weighted by Crippen LogP contribution is -2.20. The highest BCUT2D eigenvalue weighted by molar-refractivity contribution is 8.23. The monoisotopic (exact) mass is 975 g/mol. The molecule has 366 valence electrons. The topological polar surface area (TPSA) is 80.9 Å². The van der Waals surface area contributed by atoms with E-state index in [2.05, 4.69) is 215 Å². The van der Waals surface area contributed by atoms with Crippen molar-refractivity contribution in [3.8, 4) is 23.0 Å². The van der Waals surface area contributed by atoms with Crippen molar-refractivity contribution in [2.75, 3.05) is 0 Å². The third-order valence-electron chi connectivity index (χ3n) is 12.0. The first-order valence-electron chi connectivity index (χ1n) is 23.6. The summed E-state index contributed by atoms with van der Waals surface area (Å²) in [5.74, 6) is 1.42. The first kappa shape index (κ1) is 56.1. The molecule has 66 heavy (non-hydrogen) atoms. The van der Waals surface area contributed by atoms with Crippen LogP contribution in [-0.2, 0) is 43.3 Å². The van der Waals surface area contributed by atoms with E-state index in [1.165, 1.54) is 0 Å². The molecule has 0 atom stereocenters. The van der Waals surface area contributed by atoms with Crippen LogP contribution in [0.4, 0.5) is 0 Å². The summed E-state index contributed by atoms with van der Waals surface area (Å²) < 4.78 is -0.296. The normalized spacial score (nSPS) is 13.9. The summed E-state index contributed by atoms with van der Waals surface area (Å²) in [4.78, 5) is 4.30. The molecule has 0 fully saturated rings. The molecule has 4 N–H and O–H groups in total. The van der Waals surface area contributed by atoms with Crippen molar-refractivity contribution >= 4 is 47.0 Å². The van der Waals surface area contributed by atoms with Crippen LogP contribution in [-0.4, -0.2) is 29.6 Å². The van der Waals surface area contributed by atoms with Gasteiger partial charge in [-0.15, -0.1) is 47.0 Å². The highest BCUT2D eigenvalue weighted by atomic mass is 32.2. The second-order valence-electron chi connectivity index (χ2n) is 26.7. The van der Waals surface area contributed by atoms with Gasteiger partial charge in [0.05, 0.1) is 9.16 Å². The minimum Gasteiger partial charge on any atom is -0.507 e. The lowest BCUT2D eigenvalue weighted by molar-refractivity contribution is 0.421. The van der Waals surface area contributed by atoms with Crippen LogP contribution in [0.3, 0.4) is 0 Å². The lowest BCUT2D eigenvalue weighted by Gasteiger charge is -2.33. The number of rotatable bonds is 9. The van der Waals surface area contributed by atoms with E-state index in [-0.39, 0.29) is 52.5 Å². The number of phenolic OH excluding ortho intramolecular Hbond substituents is 4. The van der Waals surface area contributed by atoms with E-state index in [0.717, 1.165) is 64.1 Å². The van der Waals surface area contributed by atoms with Crippen molar-refractivity contribution in [3.63, 3.8) is 0 Å². The highest BCUT2D eigenvalue weighted by Crippen LogP contribution is 2.55. The Hall–Kier alpha value is -2.52. The van der Waals surface area contributed by atoms with E-state index in [9.17, 15) is 20.4 Å². The maximum absolute atomic E-state index is 11.9. The molecule has 0 bridgehead atoms. The van der Waals surface area contributed by atoms with Crippen LogP contribution >= 0.6 is 47.0 Å². The molecule has 0 aliphatic rings. The van der Waals surface area contributed by atoms with E-state index >= 15 is 0 Å². The maximum Gasteiger partial charge on any atom is 0.123 e. The Balaban J connectivity index is 2.21. The number of benzene rings is 4. The van der Waals surface area contributed by atoms with Gasteiger partial charge in [-0.1, -0.05) is 166 Å². The van der Waals surface area contributed by atoms with Crippen molar-refractivity contribution in [2.45, 2.75) is 238 Å². The van der Waals surface area contributed by atoms with Crippen LogP contribution in [0.5, 0.6) is 23.0 Å². The fourth-order valence-corrected chi connectivity index (χ4v) is 14.1. The molecule has 0 amide bonds. The number of aromatic hydroxyl groups is 4. The van der Waals surface area contributed by atoms with Crippen molar-refractivity contribution < 1.29 is 20.4 Å². The zero-order valence-corrected chi connectivity index (χ0v) is 48.5. The second kappa shape index (κ2) is 19.0. The molecule has 4 aromatic rings. The van der Waals surface area contributed by atoms with Crippen LogP contribution in [0.25, 0.3) is 0 Å². The molecule has 0 aliphatic heterocycles. The van der Waals surface area contributed by atoms with Gasteiger partial charge in [-0.2, -0.15) is 0 Å². The molecule has 0 radical (unpaired) electrons. The Morgan fingerprint density at radius 3 is 0.439 bits per heavy atom. The minimum atomic E-state index is -0.316. The Morgan fingerprint density at radius 1 is 0.242 bits per heavy atom. The Morgan fingerprint density at radius 2 is 0.348 bits per heavy atom. The van der Waals surface area contributed by atoms with E-state index in [4.69, 9.17) is 0 Å². The van der Waals surface area contributed by atoms with E-state index in [1.807, 2.05) is 47.0 Å². The van der Waals surface area contributed by atoms with Gasteiger partial charge in [0.1, 0.15) is 23.0 Å². The highest BCUT2D eigenvalue weighted by Gasteiger charge is 2.36. The van der Waals surface area contributed by atoms with Crippen LogP contribution in [0.1, 0.15) is 211 Å². The summed E-state index contributed by atoms with van der Waals surface area (Å²) in [5, 5.41) is 47.7. The molecule has 4 nitrogen and oxygen atoms in total. The molecule has 0 saturated carbocycles. The molecule has 0 spiro atoms. The quantitative estimate of drug-likeness (QED) is 0.0976. The van der Waals surface area contributed by atoms with Crippen LogP contribution in [0.15, 0.2) is 68.1 Å². The number of hydrogen-bond acceptors (Lipinski definition) is 8. The van der Waals surface area contributed by atoms with E-state index < -0.39 is 0 Å². The van der Waals surface area contributed by atoms with Gasteiger partial charge in [-0.05, 0) is 91.9 Å². The number of hydrogen-bond donors (Lipinski definition) is 4. The fourth-order valence-electron chi connectivity index (χ4n) is 8.08. The average molecular weight is 976 g/mol. The van der Waals surface area contributed by atoms with Gasteiger partial charge < -0.3 is 20.4 Å². The molecule has 8 heteroatoms. The molecule has 0 saturated heterocycles. The number of phenols is 4. The fraction of sp³-hybridized carbons (Fsp3) is 0.586. The van der Waals surface area contributed by atoms with E-state index in [1.54, 1.807) is 0 Å². The predicted molar refractivity (Wildman–Crippen MR) is 293 cm³/mol. The van der Waals surface area contributed by atoms with Crippen LogP contribution in [0.2, 0.25) is 0 Å². The van der Waals surface area contributed by atoms with Crippen molar-refractivity contribution in [2.24, 2.45) is 0 Å². The van der Waals surface area contributed by atoms with Gasteiger partial charge in [-0.3, -0.25) is 0 Å². The first-order chi connectivity index (χ1) is 29.4. The minimum absolute atomic E-state index is 0.148. The zero-order valence-electron chi connectivity index (χ0n) is 45.2. The zero-order chi connectivity index (χ0) is 50.9. The largest absolute Gasteiger partial charge is 0.507 e. The Kier molecular flexibility index (Phi) is 16.1. The van der Waals surface area contributed by atoms with Gasteiger partial charge in [0.15, 0.2) is 0 Å². The summed E-state index contributed by atoms with van der Waals surface area (Å²) >= 11 is 7.30. The standard InChI is InChI=1S/C58H86O4S4/c1-51(2,3)37-25-33(26-38(45(37)59)52(4,5)6)63-49(64-34-27-39(53(7,8)9)46(60)40(28-34)54(10,11)12)50(65-35-29-41(55(13,14)15)47(61)42(30-35)56(16,17)18)66-36-31-43(57(19,20)21)48(62)44(32-36)58(22,23)24/h25-32,49-50,59-62H,1-24H3. The lowest BCUT2D eigenvalue weighted by atomic mass is 9.79. The van der Waals surface area contributed by atoms with Gasteiger partial charge in [0.2, 0.25) is 0 Å². The smallest absolute Gasteiger partial charge is 0.123 e. The summed E-state index contributed by atoms with van der Waals surface area (Å²) in [7, 11) is 0. The third-order valence-corrected chi connectivity index (χ3v) is 17.9. The van der Waals surface area contributed by atoms with Gasteiger partial charge in [0, 0.05) is 64.1 Å². The molecule has 4 rings (SSSR count). The average Bonchev–Trinajstić information content (AvgIpc) is 3.09. The second-order valence-corrected chi connectivity index (χ2v) is 32.1. The molecule has 0 aliphatic carbocycles. The van der Waals surface area contributed by atoms with Crippen molar-refractivity contribution in [3.05, 3.63) is 93.0 Å². The maximum atomic E-state index is 11.9. The van der Waals surface area contributed by atoms with Crippen LogP contribution < -0.4 is 0 Å². The summed E-state index contributed by atoms with van der Waals surface area (Å²) in [6, 6.07) is 17.5. The Bertz CT molecular complexity index is 1910. The molecule has 4 aromatic carbocycles. The van der Waals surface area contributed by atoms with Gasteiger partial charge in [0.25, 0.3) is 0 Å². The summed E-state index contributed by atoms with van der Waals surface area (Å²) in [6.07, 6.45) is 0. The van der Waals surface area contributed by atoms with Crippen molar-refractivity contribution in [1.82, 2.24) is 0 Å². The molecular formula is C58H86O4S4. The summed E-state index contributed by atoms with van der Waals surface area (Å²) in [5.41, 5.74) is 4.80. The van der Waals surface area contributed by atoms with E-state index in [0.29, 0.717) is 23.0 Å². The molecule has 0 aromatic heterocycles. The Labute approximate surface area is 419 Å². The molecule has 0 heterocycles. The molecular weight excluding hydrogens is 889 g/mol. The molecule has 0 unspecified atom stereocenters.